The molecule has 3 heteroatoms. The summed E-state index contributed by atoms with van der Waals surface area (Å²) in [6, 6.07) is 0. The van der Waals surface area contributed by atoms with E-state index in [0.717, 1.165) is 39.6 Å². The van der Waals surface area contributed by atoms with E-state index in [2.05, 4.69) is 20.8 Å². The van der Waals surface area contributed by atoms with Crippen LogP contribution in [-0.2, 0) is 14.2 Å². The minimum absolute atomic E-state index is 0.689. The largest absolute Gasteiger partial charge is 0.381 e. The first-order chi connectivity index (χ1) is 8.80. The van der Waals surface area contributed by atoms with Gasteiger partial charge in [0.1, 0.15) is 0 Å². The van der Waals surface area contributed by atoms with E-state index in [1.54, 1.807) is 0 Å². The summed E-state index contributed by atoms with van der Waals surface area (Å²) in [7, 11) is 0. The summed E-state index contributed by atoms with van der Waals surface area (Å²) in [5, 5.41) is 0. The minimum Gasteiger partial charge on any atom is -0.381 e. The summed E-state index contributed by atoms with van der Waals surface area (Å²) in [5.74, 6) is 2.07. The molecule has 0 unspecified atom stereocenters. The molecule has 18 heavy (non-hydrogen) atoms. The normalized spacial score (nSPS) is 28.5. The molecule has 0 aromatic heterocycles. The van der Waals surface area contributed by atoms with Crippen LogP contribution in [0.1, 0.15) is 40.0 Å². The monoisotopic (exact) mass is 258 g/mol. The summed E-state index contributed by atoms with van der Waals surface area (Å²) >= 11 is 0. The van der Waals surface area contributed by atoms with Crippen LogP contribution in [-0.4, -0.2) is 39.6 Å². The van der Waals surface area contributed by atoms with Crippen molar-refractivity contribution in [3.63, 3.8) is 0 Å². The molecule has 1 rings (SSSR count). The summed E-state index contributed by atoms with van der Waals surface area (Å²) in [4.78, 5) is 0. The molecular weight excluding hydrogens is 228 g/mol. The molecule has 0 aliphatic heterocycles. The number of ether oxygens (including phenoxy) is 3. The molecular formula is C15H30O3. The molecule has 3 nitrogen and oxygen atoms in total. The van der Waals surface area contributed by atoms with Gasteiger partial charge >= 0.3 is 0 Å². The van der Waals surface area contributed by atoms with Gasteiger partial charge in [0.2, 0.25) is 0 Å². The van der Waals surface area contributed by atoms with Gasteiger partial charge in [-0.3, -0.25) is 0 Å². The van der Waals surface area contributed by atoms with E-state index in [-0.39, 0.29) is 0 Å². The van der Waals surface area contributed by atoms with Crippen LogP contribution in [0.4, 0.5) is 0 Å². The Balaban J connectivity index is 2.38. The summed E-state index contributed by atoms with van der Waals surface area (Å²) in [6.07, 6.45) is 3.76. The molecule has 0 spiro atoms. The first-order valence-corrected chi connectivity index (χ1v) is 7.53. The lowest BCUT2D eigenvalue weighted by atomic mass is 9.76. The van der Waals surface area contributed by atoms with Crippen molar-refractivity contribution >= 4 is 0 Å². The Labute approximate surface area is 112 Å². The van der Waals surface area contributed by atoms with Gasteiger partial charge in [-0.25, -0.2) is 0 Å². The number of rotatable bonds is 9. The van der Waals surface area contributed by atoms with Gasteiger partial charge in [0.25, 0.3) is 0 Å². The topological polar surface area (TPSA) is 27.7 Å². The lowest BCUT2D eigenvalue weighted by molar-refractivity contribution is 0.00759. The van der Waals surface area contributed by atoms with Crippen LogP contribution in [0.3, 0.4) is 0 Å². The molecule has 1 saturated carbocycles. The highest BCUT2D eigenvalue weighted by molar-refractivity contribution is 4.79. The van der Waals surface area contributed by atoms with Gasteiger partial charge in [-0.1, -0.05) is 0 Å². The zero-order valence-electron chi connectivity index (χ0n) is 12.3. The molecule has 0 aromatic rings. The Hall–Kier alpha value is -0.120. The van der Waals surface area contributed by atoms with Gasteiger partial charge in [0.15, 0.2) is 0 Å². The fourth-order valence-electron chi connectivity index (χ4n) is 2.96. The quantitative estimate of drug-likeness (QED) is 0.636. The van der Waals surface area contributed by atoms with E-state index in [1.807, 2.05) is 0 Å². The highest BCUT2D eigenvalue weighted by atomic mass is 16.5. The van der Waals surface area contributed by atoms with E-state index >= 15 is 0 Å². The van der Waals surface area contributed by atoms with E-state index in [4.69, 9.17) is 14.2 Å². The predicted molar refractivity (Wildman–Crippen MR) is 73.8 cm³/mol. The average Bonchev–Trinajstić information content (AvgIpc) is 2.40. The second kappa shape index (κ2) is 9.76. The highest BCUT2D eigenvalue weighted by Gasteiger charge is 2.29. The highest BCUT2D eigenvalue weighted by Crippen LogP contribution is 2.34. The fourth-order valence-corrected chi connectivity index (χ4v) is 2.96. The van der Waals surface area contributed by atoms with E-state index in [0.29, 0.717) is 17.8 Å². The van der Waals surface area contributed by atoms with Crippen LogP contribution in [0.2, 0.25) is 0 Å². The van der Waals surface area contributed by atoms with Gasteiger partial charge in [0.05, 0.1) is 0 Å². The zero-order valence-corrected chi connectivity index (χ0v) is 12.3. The maximum atomic E-state index is 5.60. The van der Waals surface area contributed by atoms with E-state index in [9.17, 15) is 0 Å². The molecule has 0 atom stereocenters. The molecule has 0 saturated heterocycles. The lowest BCUT2D eigenvalue weighted by Crippen LogP contribution is -2.30. The molecule has 0 aromatic carbocycles. The molecule has 0 amide bonds. The summed E-state index contributed by atoms with van der Waals surface area (Å²) in [5.41, 5.74) is 0. The molecule has 1 aliphatic carbocycles. The van der Waals surface area contributed by atoms with Crippen LogP contribution < -0.4 is 0 Å². The molecule has 108 valence electrons. The SMILES string of the molecule is CCOCC1CC(COCC)CC(COCC)C1. The van der Waals surface area contributed by atoms with Gasteiger partial charge in [-0.15, -0.1) is 0 Å². The molecule has 0 heterocycles. The van der Waals surface area contributed by atoms with Crippen molar-refractivity contribution in [3.05, 3.63) is 0 Å². The van der Waals surface area contributed by atoms with Gasteiger partial charge in [-0.2, -0.15) is 0 Å². The zero-order chi connectivity index (χ0) is 13.2. The summed E-state index contributed by atoms with van der Waals surface area (Å²) < 4.78 is 16.8. The third-order valence-electron chi connectivity index (χ3n) is 3.67. The van der Waals surface area contributed by atoms with Crippen LogP contribution in [0.5, 0.6) is 0 Å². The fraction of sp³-hybridized carbons (Fsp3) is 1.00. The van der Waals surface area contributed by atoms with Gasteiger partial charge in [0, 0.05) is 39.6 Å². The van der Waals surface area contributed by atoms with Crippen molar-refractivity contribution in [2.75, 3.05) is 39.6 Å². The Morgan fingerprint density at radius 2 is 0.889 bits per heavy atom. The lowest BCUT2D eigenvalue weighted by Gasteiger charge is -2.34. The van der Waals surface area contributed by atoms with Crippen LogP contribution >= 0.6 is 0 Å². The van der Waals surface area contributed by atoms with Gasteiger partial charge < -0.3 is 14.2 Å². The van der Waals surface area contributed by atoms with Gasteiger partial charge in [-0.05, 0) is 57.8 Å². The van der Waals surface area contributed by atoms with Crippen LogP contribution in [0, 0.1) is 17.8 Å². The molecule has 1 aliphatic rings. The maximum Gasteiger partial charge on any atom is 0.0494 e. The molecule has 1 fully saturated rings. The maximum absolute atomic E-state index is 5.60. The second-order valence-corrected chi connectivity index (χ2v) is 5.28. The Bertz CT molecular complexity index is 157. The second-order valence-electron chi connectivity index (χ2n) is 5.28. The Morgan fingerprint density at radius 1 is 0.611 bits per heavy atom. The van der Waals surface area contributed by atoms with Crippen molar-refractivity contribution in [3.8, 4) is 0 Å². The average molecular weight is 258 g/mol. The van der Waals surface area contributed by atoms with Crippen LogP contribution in [0.25, 0.3) is 0 Å². The molecule has 0 radical (unpaired) electrons. The smallest absolute Gasteiger partial charge is 0.0494 e. The number of hydrogen-bond acceptors (Lipinski definition) is 3. The van der Waals surface area contributed by atoms with Crippen molar-refractivity contribution in [2.24, 2.45) is 17.8 Å². The number of hydrogen-bond donors (Lipinski definition) is 0. The molecule has 0 bridgehead atoms. The predicted octanol–water partition coefficient (Wildman–Crippen LogP) is 3.13. The standard InChI is InChI=1S/C15H30O3/c1-4-16-10-13-7-14(11-17-5-2)9-15(8-13)12-18-6-3/h13-15H,4-12H2,1-3H3. The third kappa shape index (κ3) is 6.17. The van der Waals surface area contributed by atoms with Crippen molar-refractivity contribution in [2.45, 2.75) is 40.0 Å². The summed E-state index contributed by atoms with van der Waals surface area (Å²) in [6.45, 7) is 11.4. The minimum atomic E-state index is 0.689. The first-order valence-electron chi connectivity index (χ1n) is 7.53. The third-order valence-corrected chi connectivity index (χ3v) is 3.67. The van der Waals surface area contributed by atoms with E-state index in [1.165, 1.54) is 19.3 Å². The first kappa shape index (κ1) is 15.9. The van der Waals surface area contributed by atoms with Crippen molar-refractivity contribution in [1.29, 1.82) is 0 Å². The Kier molecular flexibility index (Phi) is 8.64. The van der Waals surface area contributed by atoms with E-state index < -0.39 is 0 Å². The van der Waals surface area contributed by atoms with Crippen molar-refractivity contribution < 1.29 is 14.2 Å². The van der Waals surface area contributed by atoms with Crippen LogP contribution in [0.15, 0.2) is 0 Å². The van der Waals surface area contributed by atoms with Crippen molar-refractivity contribution in [1.82, 2.24) is 0 Å². The Morgan fingerprint density at radius 3 is 1.11 bits per heavy atom. The molecule has 0 N–H and O–H groups in total.